The summed E-state index contributed by atoms with van der Waals surface area (Å²) in [6.07, 6.45) is 3.77. The highest BCUT2D eigenvalue weighted by atomic mass is 79.9. The largest absolute Gasteiger partial charge is 0.303 e. The molecule has 0 aliphatic heterocycles. The van der Waals surface area contributed by atoms with Crippen molar-refractivity contribution < 1.29 is 0 Å². The van der Waals surface area contributed by atoms with E-state index in [-0.39, 0.29) is 12.1 Å². The second-order valence-corrected chi connectivity index (χ2v) is 5.02. The number of nitrogens with zero attached hydrogens (tertiary/aromatic N) is 1. The predicted molar refractivity (Wildman–Crippen MR) is 72.7 cm³/mol. The molecule has 4 heteroatoms. The van der Waals surface area contributed by atoms with Crippen LogP contribution in [0.5, 0.6) is 0 Å². The lowest BCUT2D eigenvalue weighted by Crippen LogP contribution is -2.22. The molecule has 0 aliphatic rings. The molecule has 0 fully saturated rings. The fourth-order valence-electron chi connectivity index (χ4n) is 1.88. The van der Waals surface area contributed by atoms with Gasteiger partial charge in [-0.1, -0.05) is 34.1 Å². The molecule has 2 atom stereocenters. The van der Waals surface area contributed by atoms with E-state index in [0.717, 1.165) is 4.47 Å². The molecule has 0 saturated heterocycles. The number of H-pyrrole nitrogens is 1. The molecule has 17 heavy (non-hydrogen) atoms. The normalized spacial score (nSPS) is 14.5. The van der Waals surface area contributed by atoms with Crippen LogP contribution < -0.4 is 5.32 Å². The van der Waals surface area contributed by atoms with Crippen molar-refractivity contribution in [3.8, 4) is 0 Å². The highest BCUT2D eigenvalue weighted by Crippen LogP contribution is 2.25. The van der Waals surface area contributed by atoms with E-state index in [4.69, 9.17) is 0 Å². The number of halogens is 1. The maximum Gasteiger partial charge on any atom is 0.0534 e. The van der Waals surface area contributed by atoms with Gasteiger partial charge in [-0.3, -0.25) is 5.10 Å². The van der Waals surface area contributed by atoms with E-state index in [2.05, 4.69) is 63.5 Å². The van der Waals surface area contributed by atoms with Gasteiger partial charge in [-0.05, 0) is 25.5 Å². The van der Waals surface area contributed by atoms with Crippen LogP contribution in [-0.4, -0.2) is 10.2 Å². The number of nitrogens with one attached hydrogen (secondary N) is 2. The molecule has 2 N–H and O–H groups in total. The van der Waals surface area contributed by atoms with Crippen LogP contribution in [0.3, 0.4) is 0 Å². The molecular formula is C13H16BrN3. The van der Waals surface area contributed by atoms with Crippen LogP contribution in [0.4, 0.5) is 0 Å². The minimum absolute atomic E-state index is 0.274. The average Bonchev–Trinajstić information content (AvgIpc) is 2.82. The van der Waals surface area contributed by atoms with Crippen LogP contribution in [0.1, 0.15) is 37.1 Å². The van der Waals surface area contributed by atoms with E-state index in [1.54, 1.807) is 0 Å². The molecule has 0 amide bonds. The summed E-state index contributed by atoms with van der Waals surface area (Å²) < 4.78 is 1.14. The maximum atomic E-state index is 3.97. The molecule has 90 valence electrons. The van der Waals surface area contributed by atoms with Crippen LogP contribution in [0.2, 0.25) is 0 Å². The standard InChI is InChI=1S/C13H16BrN3/c1-9(11-7-15-16-8-11)17-10(2)12-5-3-4-6-13(12)14/h3-10,17H,1-2H3,(H,15,16). The Morgan fingerprint density at radius 1 is 1.24 bits per heavy atom. The summed E-state index contributed by atoms with van der Waals surface area (Å²) in [4.78, 5) is 0. The summed E-state index contributed by atoms with van der Waals surface area (Å²) in [6, 6.07) is 8.84. The quantitative estimate of drug-likeness (QED) is 0.904. The molecular weight excluding hydrogens is 278 g/mol. The van der Waals surface area contributed by atoms with E-state index in [9.17, 15) is 0 Å². The Labute approximate surface area is 110 Å². The van der Waals surface area contributed by atoms with Crippen molar-refractivity contribution in [2.45, 2.75) is 25.9 Å². The van der Waals surface area contributed by atoms with Gasteiger partial charge in [0.1, 0.15) is 0 Å². The summed E-state index contributed by atoms with van der Waals surface area (Å²) in [5.74, 6) is 0. The maximum absolute atomic E-state index is 3.97. The van der Waals surface area contributed by atoms with Crippen molar-refractivity contribution in [3.05, 3.63) is 52.3 Å². The van der Waals surface area contributed by atoms with Crippen molar-refractivity contribution in [3.63, 3.8) is 0 Å². The molecule has 0 aliphatic carbocycles. The number of rotatable bonds is 4. The van der Waals surface area contributed by atoms with Crippen molar-refractivity contribution in [1.29, 1.82) is 0 Å². The Hall–Kier alpha value is -1.13. The molecule has 0 bridgehead atoms. The summed E-state index contributed by atoms with van der Waals surface area (Å²) >= 11 is 3.58. The molecule has 0 radical (unpaired) electrons. The van der Waals surface area contributed by atoms with E-state index < -0.39 is 0 Å². The van der Waals surface area contributed by atoms with Gasteiger partial charge in [0.2, 0.25) is 0 Å². The minimum Gasteiger partial charge on any atom is -0.303 e. The zero-order valence-electron chi connectivity index (χ0n) is 9.94. The topological polar surface area (TPSA) is 40.7 Å². The summed E-state index contributed by atoms with van der Waals surface area (Å²) in [6.45, 7) is 4.30. The second kappa shape index (κ2) is 5.47. The van der Waals surface area contributed by atoms with E-state index in [1.165, 1.54) is 11.1 Å². The number of benzene rings is 1. The van der Waals surface area contributed by atoms with Crippen molar-refractivity contribution >= 4 is 15.9 Å². The van der Waals surface area contributed by atoms with Gasteiger partial charge in [-0.15, -0.1) is 0 Å². The van der Waals surface area contributed by atoms with Gasteiger partial charge < -0.3 is 5.32 Å². The molecule has 1 heterocycles. The van der Waals surface area contributed by atoms with Crippen LogP contribution in [0.25, 0.3) is 0 Å². The molecule has 1 aromatic heterocycles. The first-order chi connectivity index (χ1) is 8.18. The van der Waals surface area contributed by atoms with Gasteiger partial charge in [0.05, 0.1) is 6.20 Å². The Bertz CT molecular complexity index is 467. The number of hydrogen-bond donors (Lipinski definition) is 2. The molecule has 3 nitrogen and oxygen atoms in total. The summed E-state index contributed by atoms with van der Waals surface area (Å²) in [7, 11) is 0. The third-order valence-electron chi connectivity index (χ3n) is 2.89. The number of aromatic amines is 1. The summed E-state index contributed by atoms with van der Waals surface area (Å²) in [5, 5.41) is 10.4. The van der Waals surface area contributed by atoms with E-state index >= 15 is 0 Å². The molecule has 1 aromatic carbocycles. The lowest BCUT2D eigenvalue weighted by molar-refractivity contribution is 0.493. The van der Waals surface area contributed by atoms with Crippen LogP contribution in [0, 0.1) is 0 Å². The van der Waals surface area contributed by atoms with E-state index in [1.807, 2.05) is 18.5 Å². The second-order valence-electron chi connectivity index (χ2n) is 4.16. The molecule has 0 saturated carbocycles. The Morgan fingerprint density at radius 3 is 2.65 bits per heavy atom. The van der Waals surface area contributed by atoms with Crippen molar-refractivity contribution in [2.75, 3.05) is 0 Å². The first kappa shape index (κ1) is 12.3. The van der Waals surface area contributed by atoms with Crippen molar-refractivity contribution in [2.24, 2.45) is 0 Å². The first-order valence-electron chi connectivity index (χ1n) is 5.67. The fourth-order valence-corrected chi connectivity index (χ4v) is 2.51. The highest BCUT2D eigenvalue weighted by molar-refractivity contribution is 9.10. The minimum atomic E-state index is 0.274. The zero-order chi connectivity index (χ0) is 12.3. The Kier molecular flexibility index (Phi) is 3.97. The average molecular weight is 294 g/mol. The van der Waals surface area contributed by atoms with E-state index in [0.29, 0.717) is 0 Å². The number of aromatic nitrogens is 2. The van der Waals surface area contributed by atoms with Gasteiger partial charge in [-0.25, -0.2) is 0 Å². The monoisotopic (exact) mass is 293 g/mol. The molecule has 2 unspecified atom stereocenters. The lowest BCUT2D eigenvalue weighted by atomic mass is 10.1. The molecule has 2 rings (SSSR count). The van der Waals surface area contributed by atoms with Crippen LogP contribution in [0.15, 0.2) is 41.1 Å². The van der Waals surface area contributed by atoms with Gasteiger partial charge >= 0.3 is 0 Å². The first-order valence-corrected chi connectivity index (χ1v) is 6.47. The van der Waals surface area contributed by atoms with Crippen LogP contribution in [-0.2, 0) is 0 Å². The smallest absolute Gasteiger partial charge is 0.0534 e. The SMILES string of the molecule is CC(NC(C)c1ccccc1Br)c1cn[nH]c1. The Balaban J connectivity index is 2.07. The number of hydrogen-bond acceptors (Lipinski definition) is 2. The third-order valence-corrected chi connectivity index (χ3v) is 3.61. The predicted octanol–water partition coefficient (Wildman–Crippen LogP) is 3.58. The van der Waals surface area contributed by atoms with Gasteiger partial charge in [0, 0.05) is 28.3 Å². The molecule has 0 spiro atoms. The lowest BCUT2D eigenvalue weighted by Gasteiger charge is -2.20. The summed E-state index contributed by atoms with van der Waals surface area (Å²) in [5.41, 5.74) is 2.44. The molecule has 2 aromatic rings. The van der Waals surface area contributed by atoms with Crippen molar-refractivity contribution in [1.82, 2.24) is 15.5 Å². The third kappa shape index (κ3) is 2.96. The Morgan fingerprint density at radius 2 is 2.00 bits per heavy atom. The van der Waals surface area contributed by atoms with Crippen LogP contribution >= 0.6 is 15.9 Å². The fraction of sp³-hybridized carbons (Fsp3) is 0.308. The highest BCUT2D eigenvalue weighted by Gasteiger charge is 2.13. The zero-order valence-corrected chi connectivity index (χ0v) is 11.5. The van der Waals surface area contributed by atoms with Gasteiger partial charge in [0.15, 0.2) is 0 Å². The van der Waals surface area contributed by atoms with Gasteiger partial charge in [0.25, 0.3) is 0 Å². The van der Waals surface area contributed by atoms with Gasteiger partial charge in [-0.2, -0.15) is 5.10 Å².